The van der Waals surface area contributed by atoms with E-state index in [1.807, 2.05) is 13.8 Å². The Balaban J connectivity index is 2.03. The minimum Gasteiger partial charge on any atom is -0.475 e. The molecule has 128 valence electrons. The normalized spacial score (nSPS) is 17.4. The van der Waals surface area contributed by atoms with Crippen LogP contribution in [0.4, 0.5) is 0 Å². The number of carbonyl (C=O) groups is 1. The average Bonchev–Trinajstić information content (AvgIpc) is 2.48. The highest BCUT2D eigenvalue weighted by atomic mass is 35.5. The summed E-state index contributed by atoms with van der Waals surface area (Å²) in [5, 5.41) is 9.76. The van der Waals surface area contributed by atoms with Crippen molar-refractivity contribution < 1.29 is 14.6 Å². The number of pyridine rings is 1. The maximum absolute atomic E-state index is 12.6. The van der Waals surface area contributed by atoms with Gasteiger partial charge in [-0.3, -0.25) is 9.69 Å². The lowest BCUT2D eigenvalue weighted by Gasteiger charge is -2.35. The Morgan fingerprint density at radius 2 is 1.96 bits per heavy atom. The van der Waals surface area contributed by atoms with E-state index in [4.69, 9.17) is 16.3 Å². The monoisotopic (exact) mass is 341 g/mol. The molecule has 1 aliphatic rings. The van der Waals surface area contributed by atoms with Gasteiger partial charge < -0.3 is 14.7 Å². The smallest absolute Gasteiger partial charge is 0.274 e. The summed E-state index contributed by atoms with van der Waals surface area (Å²) in [5.74, 6) is 0.224. The van der Waals surface area contributed by atoms with Crippen LogP contribution in [0.1, 0.15) is 31.3 Å². The lowest BCUT2D eigenvalue weighted by molar-refractivity contribution is 0.0548. The number of carbonyl (C=O) groups excluding carboxylic acids is 1. The molecule has 0 bridgehead atoms. The third kappa shape index (κ3) is 5.06. The third-order valence-corrected chi connectivity index (χ3v) is 3.87. The summed E-state index contributed by atoms with van der Waals surface area (Å²) >= 11 is 6.14. The molecule has 1 saturated heterocycles. The molecule has 1 atom stereocenters. The number of aromatic nitrogens is 1. The molecule has 0 aromatic carbocycles. The summed E-state index contributed by atoms with van der Waals surface area (Å²) < 4.78 is 5.53. The van der Waals surface area contributed by atoms with E-state index in [0.717, 1.165) is 13.1 Å². The number of amides is 1. The van der Waals surface area contributed by atoms with Crippen molar-refractivity contribution in [2.24, 2.45) is 0 Å². The van der Waals surface area contributed by atoms with Gasteiger partial charge in [-0.25, -0.2) is 4.98 Å². The van der Waals surface area contributed by atoms with Crippen LogP contribution in [-0.2, 0) is 0 Å². The van der Waals surface area contributed by atoms with E-state index >= 15 is 0 Å². The van der Waals surface area contributed by atoms with Crippen LogP contribution in [0.5, 0.6) is 5.88 Å². The van der Waals surface area contributed by atoms with E-state index < -0.39 is 0 Å². The first-order valence-corrected chi connectivity index (χ1v) is 8.27. The number of hydrogen-bond acceptors (Lipinski definition) is 5. The molecular weight excluding hydrogens is 318 g/mol. The van der Waals surface area contributed by atoms with Gasteiger partial charge in [-0.05, 0) is 26.8 Å². The van der Waals surface area contributed by atoms with Crippen molar-refractivity contribution in [3.05, 3.63) is 22.8 Å². The van der Waals surface area contributed by atoms with Gasteiger partial charge in [-0.1, -0.05) is 11.6 Å². The van der Waals surface area contributed by atoms with Gasteiger partial charge in [0.15, 0.2) is 5.69 Å². The molecule has 23 heavy (non-hydrogen) atoms. The van der Waals surface area contributed by atoms with Gasteiger partial charge in [0, 0.05) is 38.8 Å². The first-order valence-electron chi connectivity index (χ1n) is 7.89. The highest BCUT2D eigenvalue weighted by Crippen LogP contribution is 2.21. The molecule has 1 fully saturated rings. The first-order chi connectivity index (χ1) is 10.9. The Morgan fingerprint density at radius 1 is 1.30 bits per heavy atom. The van der Waals surface area contributed by atoms with Crippen molar-refractivity contribution in [2.75, 3.05) is 32.7 Å². The van der Waals surface area contributed by atoms with Crippen LogP contribution >= 0.6 is 11.6 Å². The number of rotatable bonds is 5. The number of nitrogens with zero attached hydrogens (tertiary/aromatic N) is 3. The number of β-amino-alcohol motifs (C(OH)–C–C–N with tert-alkyl or cyclic N) is 1. The fourth-order valence-electron chi connectivity index (χ4n) is 2.54. The maximum Gasteiger partial charge on any atom is 0.274 e. The van der Waals surface area contributed by atoms with E-state index in [1.165, 1.54) is 0 Å². The Bertz CT molecular complexity index is 543. The lowest BCUT2D eigenvalue weighted by Crippen LogP contribution is -2.50. The van der Waals surface area contributed by atoms with E-state index in [1.54, 1.807) is 24.0 Å². The predicted octanol–water partition coefficient (Wildman–Crippen LogP) is 1.66. The van der Waals surface area contributed by atoms with Crippen LogP contribution in [0.15, 0.2) is 12.1 Å². The number of aliphatic hydroxyl groups is 1. The van der Waals surface area contributed by atoms with Crippen LogP contribution in [-0.4, -0.2) is 70.7 Å². The molecule has 1 aromatic heterocycles. The second-order valence-electron chi connectivity index (χ2n) is 6.09. The average molecular weight is 342 g/mol. The summed E-state index contributed by atoms with van der Waals surface area (Å²) in [6.45, 7) is 8.85. The quantitative estimate of drug-likeness (QED) is 0.882. The van der Waals surface area contributed by atoms with Crippen molar-refractivity contribution in [3.8, 4) is 5.88 Å². The van der Waals surface area contributed by atoms with Crippen molar-refractivity contribution in [2.45, 2.75) is 33.0 Å². The van der Waals surface area contributed by atoms with Crippen LogP contribution < -0.4 is 4.74 Å². The first kappa shape index (κ1) is 18.0. The molecule has 0 aliphatic carbocycles. The Labute approximate surface area is 142 Å². The standard InChI is InChI=1S/C16H24ClN3O3/c1-11(2)23-14-5-4-13(17)15(18-14)16(22)20-8-6-19(7-9-20)10-12(3)21/h4-5,11-12,21H,6-10H2,1-3H3. The zero-order valence-electron chi connectivity index (χ0n) is 13.8. The third-order valence-electron chi connectivity index (χ3n) is 3.56. The summed E-state index contributed by atoms with van der Waals surface area (Å²) in [7, 11) is 0. The largest absolute Gasteiger partial charge is 0.475 e. The molecule has 1 aliphatic heterocycles. The second-order valence-corrected chi connectivity index (χ2v) is 6.50. The summed E-state index contributed by atoms with van der Waals surface area (Å²) in [6, 6.07) is 3.31. The molecule has 7 heteroatoms. The molecule has 1 aromatic rings. The van der Waals surface area contributed by atoms with Crippen molar-refractivity contribution >= 4 is 17.5 Å². The molecule has 2 heterocycles. The fraction of sp³-hybridized carbons (Fsp3) is 0.625. The topological polar surface area (TPSA) is 65.9 Å². The predicted molar refractivity (Wildman–Crippen MR) is 89.0 cm³/mol. The number of hydrogen-bond donors (Lipinski definition) is 1. The summed E-state index contributed by atoms with van der Waals surface area (Å²) in [4.78, 5) is 20.8. The van der Waals surface area contributed by atoms with E-state index in [9.17, 15) is 9.90 Å². The zero-order valence-corrected chi connectivity index (χ0v) is 14.6. The highest BCUT2D eigenvalue weighted by molar-refractivity contribution is 6.33. The van der Waals surface area contributed by atoms with Gasteiger partial charge in [0.2, 0.25) is 5.88 Å². The minimum absolute atomic E-state index is 0.0179. The number of ether oxygens (including phenoxy) is 1. The molecule has 1 N–H and O–H groups in total. The van der Waals surface area contributed by atoms with Crippen LogP contribution in [0.3, 0.4) is 0 Å². The van der Waals surface area contributed by atoms with Gasteiger partial charge in [0.1, 0.15) is 0 Å². The molecular formula is C16H24ClN3O3. The lowest BCUT2D eigenvalue weighted by atomic mass is 10.2. The maximum atomic E-state index is 12.6. The molecule has 1 unspecified atom stereocenters. The van der Waals surface area contributed by atoms with Gasteiger partial charge >= 0.3 is 0 Å². The molecule has 0 spiro atoms. The molecule has 0 saturated carbocycles. The molecule has 2 rings (SSSR count). The SMILES string of the molecule is CC(O)CN1CCN(C(=O)c2nc(OC(C)C)ccc2Cl)CC1. The van der Waals surface area contributed by atoms with Crippen LogP contribution in [0.25, 0.3) is 0 Å². The van der Waals surface area contributed by atoms with E-state index in [0.29, 0.717) is 30.5 Å². The Kier molecular flexibility index (Phi) is 6.21. The summed E-state index contributed by atoms with van der Waals surface area (Å²) in [6.07, 6.45) is -0.381. The summed E-state index contributed by atoms with van der Waals surface area (Å²) in [5.41, 5.74) is 0.230. The van der Waals surface area contributed by atoms with Crippen molar-refractivity contribution in [1.29, 1.82) is 0 Å². The van der Waals surface area contributed by atoms with Gasteiger partial charge in [0.05, 0.1) is 17.2 Å². The van der Waals surface area contributed by atoms with Gasteiger partial charge in [0.25, 0.3) is 5.91 Å². The highest BCUT2D eigenvalue weighted by Gasteiger charge is 2.25. The van der Waals surface area contributed by atoms with Crippen LogP contribution in [0, 0.1) is 0 Å². The second kappa shape index (κ2) is 7.95. The number of aliphatic hydroxyl groups excluding tert-OH is 1. The van der Waals surface area contributed by atoms with Crippen LogP contribution in [0.2, 0.25) is 5.02 Å². The van der Waals surface area contributed by atoms with E-state index in [-0.39, 0.29) is 23.8 Å². The number of halogens is 1. The van der Waals surface area contributed by atoms with Gasteiger partial charge in [-0.15, -0.1) is 0 Å². The minimum atomic E-state index is -0.363. The number of piperazine rings is 1. The molecule has 0 radical (unpaired) electrons. The van der Waals surface area contributed by atoms with Gasteiger partial charge in [-0.2, -0.15) is 0 Å². The Morgan fingerprint density at radius 3 is 2.52 bits per heavy atom. The molecule has 1 amide bonds. The molecule has 6 nitrogen and oxygen atoms in total. The Hall–Kier alpha value is -1.37. The van der Waals surface area contributed by atoms with Crippen molar-refractivity contribution in [1.82, 2.24) is 14.8 Å². The fourth-order valence-corrected chi connectivity index (χ4v) is 2.72. The van der Waals surface area contributed by atoms with E-state index in [2.05, 4.69) is 9.88 Å². The zero-order chi connectivity index (χ0) is 17.0. The van der Waals surface area contributed by atoms with Crippen molar-refractivity contribution in [3.63, 3.8) is 0 Å².